The third kappa shape index (κ3) is 4.34. The van der Waals surface area contributed by atoms with Crippen molar-refractivity contribution in [3.8, 4) is 11.3 Å². The molecule has 7 nitrogen and oxygen atoms in total. The average molecular weight is 436 g/mol. The van der Waals surface area contributed by atoms with E-state index in [2.05, 4.69) is 10.1 Å². The second kappa shape index (κ2) is 8.69. The smallest absolute Gasteiger partial charge is 0.326 e. The molecule has 0 saturated heterocycles. The SMILES string of the molecule is CCOC(=O)Cn1c(=NC(=O)c2cc(-c3ccccc3)on2)sc2cc(C)c(C)cc21. The maximum absolute atomic E-state index is 12.8. The zero-order chi connectivity index (χ0) is 22.0. The zero-order valence-electron chi connectivity index (χ0n) is 17.4. The van der Waals surface area contributed by atoms with Crippen molar-refractivity contribution in [3.63, 3.8) is 0 Å². The molecule has 0 atom stereocenters. The molecule has 0 aliphatic carbocycles. The lowest BCUT2D eigenvalue weighted by Crippen LogP contribution is -2.23. The summed E-state index contributed by atoms with van der Waals surface area (Å²) in [7, 11) is 0. The van der Waals surface area contributed by atoms with Gasteiger partial charge in [-0.3, -0.25) is 9.59 Å². The molecular formula is C23H21N3O4S. The molecule has 0 fully saturated rings. The van der Waals surface area contributed by atoms with E-state index in [1.165, 1.54) is 11.3 Å². The van der Waals surface area contributed by atoms with E-state index in [-0.39, 0.29) is 24.8 Å². The van der Waals surface area contributed by atoms with Gasteiger partial charge in [-0.2, -0.15) is 4.99 Å². The predicted octanol–water partition coefficient (Wildman–Crippen LogP) is 4.28. The van der Waals surface area contributed by atoms with Crippen LogP contribution in [-0.4, -0.2) is 28.2 Å². The van der Waals surface area contributed by atoms with Crippen molar-refractivity contribution in [1.82, 2.24) is 9.72 Å². The second-order valence-corrected chi connectivity index (χ2v) is 8.05. The first-order valence-electron chi connectivity index (χ1n) is 9.83. The Kier molecular flexibility index (Phi) is 5.81. The number of carbonyl (C=O) groups excluding carboxylic acids is 2. The normalized spacial score (nSPS) is 11.8. The lowest BCUT2D eigenvalue weighted by Gasteiger charge is -2.06. The number of carbonyl (C=O) groups is 2. The van der Waals surface area contributed by atoms with Crippen molar-refractivity contribution in [2.45, 2.75) is 27.3 Å². The number of benzene rings is 2. The molecule has 0 bridgehead atoms. The quantitative estimate of drug-likeness (QED) is 0.437. The number of rotatable bonds is 5. The Morgan fingerprint density at radius 2 is 1.87 bits per heavy atom. The largest absolute Gasteiger partial charge is 0.465 e. The molecule has 0 aliphatic heterocycles. The molecule has 1 amide bonds. The summed E-state index contributed by atoms with van der Waals surface area (Å²) in [5.74, 6) is -0.438. The number of hydrogen-bond donors (Lipinski definition) is 0. The van der Waals surface area contributed by atoms with Crippen LogP contribution in [-0.2, 0) is 16.1 Å². The molecule has 8 heteroatoms. The maximum Gasteiger partial charge on any atom is 0.326 e. The van der Waals surface area contributed by atoms with Crippen LogP contribution in [0.4, 0.5) is 0 Å². The van der Waals surface area contributed by atoms with Crippen LogP contribution in [0.3, 0.4) is 0 Å². The van der Waals surface area contributed by atoms with Crippen LogP contribution in [0.25, 0.3) is 21.5 Å². The first-order chi connectivity index (χ1) is 15.0. The van der Waals surface area contributed by atoms with Crippen LogP contribution in [0.1, 0.15) is 28.5 Å². The number of thiazole rings is 1. The van der Waals surface area contributed by atoms with Gasteiger partial charge in [0.25, 0.3) is 0 Å². The zero-order valence-corrected chi connectivity index (χ0v) is 18.2. The number of aryl methyl sites for hydroxylation is 2. The van der Waals surface area contributed by atoms with E-state index in [0.717, 1.165) is 26.9 Å². The molecule has 31 heavy (non-hydrogen) atoms. The van der Waals surface area contributed by atoms with Gasteiger partial charge in [0.05, 0.1) is 16.8 Å². The second-order valence-electron chi connectivity index (χ2n) is 7.04. The highest BCUT2D eigenvalue weighted by atomic mass is 32.1. The number of ether oxygens (including phenoxy) is 1. The lowest BCUT2D eigenvalue weighted by atomic mass is 10.1. The molecular weight excluding hydrogens is 414 g/mol. The summed E-state index contributed by atoms with van der Waals surface area (Å²) in [6.07, 6.45) is 0. The first kappa shape index (κ1) is 20.7. The van der Waals surface area contributed by atoms with Crippen molar-refractivity contribution in [1.29, 1.82) is 0 Å². The standard InChI is InChI=1S/C23H21N3O4S/c1-4-29-21(27)13-26-18-10-14(2)15(3)11-20(18)31-23(26)24-22(28)17-12-19(30-25-17)16-8-6-5-7-9-16/h5-12H,4,13H2,1-3H3. The summed E-state index contributed by atoms with van der Waals surface area (Å²) < 4.78 is 13.1. The minimum Gasteiger partial charge on any atom is -0.465 e. The van der Waals surface area contributed by atoms with E-state index >= 15 is 0 Å². The fourth-order valence-corrected chi connectivity index (χ4v) is 4.26. The van der Waals surface area contributed by atoms with Gasteiger partial charge in [0.1, 0.15) is 6.54 Å². The summed E-state index contributed by atoms with van der Waals surface area (Å²) in [5.41, 5.74) is 3.96. The third-order valence-corrected chi connectivity index (χ3v) is 5.92. The highest BCUT2D eigenvalue weighted by Gasteiger charge is 2.16. The van der Waals surface area contributed by atoms with Crippen molar-refractivity contribution in [2.75, 3.05) is 6.61 Å². The fraction of sp³-hybridized carbons (Fsp3) is 0.217. The molecule has 4 aromatic rings. The van der Waals surface area contributed by atoms with Gasteiger partial charge >= 0.3 is 11.9 Å². The van der Waals surface area contributed by atoms with Crippen molar-refractivity contribution >= 4 is 33.4 Å². The Balaban J connectivity index is 1.76. The third-order valence-electron chi connectivity index (χ3n) is 4.88. The Labute approximate surface area is 182 Å². The Morgan fingerprint density at radius 3 is 2.61 bits per heavy atom. The number of aromatic nitrogens is 2. The Bertz CT molecular complexity index is 1330. The highest BCUT2D eigenvalue weighted by Crippen LogP contribution is 2.23. The Morgan fingerprint density at radius 1 is 1.13 bits per heavy atom. The molecule has 0 N–H and O–H groups in total. The van der Waals surface area contributed by atoms with Gasteiger partial charge in [0.15, 0.2) is 16.3 Å². The van der Waals surface area contributed by atoms with Gasteiger partial charge in [0, 0.05) is 11.6 Å². The van der Waals surface area contributed by atoms with Crippen LogP contribution in [0.15, 0.2) is 58.0 Å². The molecule has 2 heterocycles. The predicted molar refractivity (Wildman–Crippen MR) is 118 cm³/mol. The van der Waals surface area contributed by atoms with Crippen molar-refractivity contribution < 1.29 is 18.8 Å². The van der Waals surface area contributed by atoms with Gasteiger partial charge < -0.3 is 13.8 Å². The number of fused-ring (bicyclic) bond motifs is 1. The van der Waals surface area contributed by atoms with E-state index < -0.39 is 5.91 Å². The summed E-state index contributed by atoms with van der Waals surface area (Å²) in [5, 5.41) is 3.88. The van der Waals surface area contributed by atoms with Crippen LogP contribution in [0.2, 0.25) is 0 Å². The van der Waals surface area contributed by atoms with Crippen LogP contribution in [0, 0.1) is 13.8 Å². The van der Waals surface area contributed by atoms with Gasteiger partial charge in [0.2, 0.25) is 0 Å². The van der Waals surface area contributed by atoms with Gasteiger partial charge in [-0.15, -0.1) is 0 Å². The van der Waals surface area contributed by atoms with Crippen LogP contribution in [0.5, 0.6) is 0 Å². The van der Waals surface area contributed by atoms with E-state index in [9.17, 15) is 9.59 Å². The van der Waals surface area contributed by atoms with Gasteiger partial charge in [-0.05, 0) is 44.0 Å². The van der Waals surface area contributed by atoms with E-state index in [0.29, 0.717) is 10.6 Å². The monoisotopic (exact) mass is 435 g/mol. The highest BCUT2D eigenvalue weighted by molar-refractivity contribution is 7.16. The molecule has 0 radical (unpaired) electrons. The summed E-state index contributed by atoms with van der Waals surface area (Å²) in [6.45, 7) is 6.03. The molecule has 4 rings (SSSR count). The molecule has 0 spiro atoms. The topological polar surface area (TPSA) is 86.7 Å². The number of hydrogen-bond acceptors (Lipinski definition) is 6. The molecule has 2 aromatic carbocycles. The van der Waals surface area contributed by atoms with E-state index in [1.807, 2.05) is 56.3 Å². The first-order valence-corrected chi connectivity index (χ1v) is 10.7. The van der Waals surface area contributed by atoms with Gasteiger partial charge in [-0.1, -0.05) is 46.8 Å². The average Bonchev–Trinajstić information content (AvgIpc) is 3.36. The number of amides is 1. The summed E-state index contributed by atoms with van der Waals surface area (Å²) in [4.78, 5) is 29.7. The molecule has 0 aliphatic rings. The van der Waals surface area contributed by atoms with Crippen LogP contribution >= 0.6 is 11.3 Å². The number of nitrogens with zero attached hydrogens (tertiary/aromatic N) is 3. The molecule has 0 unspecified atom stereocenters. The Hall–Kier alpha value is -3.52. The van der Waals surface area contributed by atoms with E-state index in [4.69, 9.17) is 9.26 Å². The minimum absolute atomic E-state index is 0.0312. The van der Waals surface area contributed by atoms with Crippen LogP contribution < -0.4 is 4.80 Å². The van der Waals surface area contributed by atoms with Crippen molar-refractivity contribution in [2.24, 2.45) is 4.99 Å². The maximum atomic E-state index is 12.8. The molecule has 0 saturated carbocycles. The summed E-state index contributed by atoms with van der Waals surface area (Å²) >= 11 is 1.34. The number of esters is 1. The molecule has 2 aromatic heterocycles. The molecule has 158 valence electrons. The fourth-order valence-electron chi connectivity index (χ4n) is 3.15. The lowest BCUT2D eigenvalue weighted by molar-refractivity contribution is -0.143. The summed E-state index contributed by atoms with van der Waals surface area (Å²) in [6, 6.07) is 15.0. The van der Waals surface area contributed by atoms with Crippen molar-refractivity contribution in [3.05, 3.63) is 70.2 Å². The minimum atomic E-state index is -0.538. The van der Waals surface area contributed by atoms with E-state index in [1.54, 1.807) is 17.6 Å². The van der Waals surface area contributed by atoms with Gasteiger partial charge in [-0.25, -0.2) is 0 Å².